The van der Waals surface area contributed by atoms with Gasteiger partial charge in [-0.3, -0.25) is 0 Å². The summed E-state index contributed by atoms with van der Waals surface area (Å²) in [5, 5.41) is 0. The van der Waals surface area contributed by atoms with Crippen LogP contribution in [0.4, 0.5) is 0 Å². The van der Waals surface area contributed by atoms with E-state index >= 15 is 0 Å². The van der Waals surface area contributed by atoms with E-state index in [9.17, 15) is 0 Å². The van der Waals surface area contributed by atoms with Crippen LogP contribution in [0.2, 0.25) is 0 Å². The highest BCUT2D eigenvalue weighted by atomic mass is 14.2. The summed E-state index contributed by atoms with van der Waals surface area (Å²) in [5.74, 6) is 0.800. The topological polar surface area (TPSA) is 0 Å². The van der Waals surface area contributed by atoms with E-state index in [4.69, 9.17) is 0 Å². The lowest BCUT2D eigenvalue weighted by Crippen LogP contribution is -2.08. The molecule has 166 valence electrons. The van der Waals surface area contributed by atoms with Crippen molar-refractivity contribution in [3.8, 4) is 0 Å². The summed E-state index contributed by atoms with van der Waals surface area (Å²) in [6, 6.07) is 14.7. The van der Waals surface area contributed by atoms with Crippen LogP contribution in [0.5, 0.6) is 0 Å². The summed E-state index contributed by atoms with van der Waals surface area (Å²) in [7, 11) is 0. The van der Waals surface area contributed by atoms with Crippen molar-refractivity contribution in [1.29, 1.82) is 0 Å². The molecule has 0 nitrogen and oxygen atoms in total. The van der Waals surface area contributed by atoms with Crippen LogP contribution in [0.1, 0.15) is 107 Å². The van der Waals surface area contributed by atoms with Crippen molar-refractivity contribution in [2.75, 3.05) is 0 Å². The number of rotatable bonds is 14. The second-order valence-electron chi connectivity index (χ2n) is 9.19. The van der Waals surface area contributed by atoms with Crippen LogP contribution >= 0.6 is 0 Å². The zero-order chi connectivity index (χ0) is 21.8. The maximum absolute atomic E-state index is 2.48. The standard InChI is InChI=1S/C30H46/c1-6-11-12-13-14-28(23-30-21-26(9-4)18-27(10-5)22-30)15-16-29-19-24(7-2)17-25(8-3)20-29/h17-22,28H,6-16,23H2,1-5H3. The molecule has 0 heterocycles. The Morgan fingerprint density at radius 1 is 0.500 bits per heavy atom. The SMILES string of the molecule is CCCCCCC(CCc1cc(CC)cc(CC)c1)Cc1cc(CC)cc(CC)c1. The minimum absolute atomic E-state index is 0.800. The minimum atomic E-state index is 0.800. The maximum Gasteiger partial charge on any atom is -0.0250 e. The van der Waals surface area contributed by atoms with Crippen molar-refractivity contribution >= 4 is 0 Å². The van der Waals surface area contributed by atoms with Crippen LogP contribution in [0.15, 0.2) is 36.4 Å². The fourth-order valence-electron chi connectivity index (χ4n) is 4.67. The Balaban J connectivity index is 2.11. The van der Waals surface area contributed by atoms with E-state index in [0.717, 1.165) is 31.6 Å². The molecule has 2 rings (SSSR count). The molecule has 1 unspecified atom stereocenters. The summed E-state index contributed by atoms with van der Waals surface area (Å²) in [6.07, 6.45) is 15.3. The molecule has 2 aromatic carbocycles. The molecular formula is C30H46. The van der Waals surface area contributed by atoms with E-state index in [-0.39, 0.29) is 0 Å². The van der Waals surface area contributed by atoms with Gasteiger partial charge < -0.3 is 0 Å². The lowest BCUT2D eigenvalue weighted by molar-refractivity contribution is 0.423. The Hall–Kier alpha value is -1.56. The Morgan fingerprint density at radius 3 is 1.43 bits per heavy atom. The molecule has 0 bridgehead atoms. The van der Waals surface area contributed by atoms with Gasteiger partial charge in [0.2, 0.25) is 0 Å². The van der Waals surface area contributed by atoms with Crippen molar-refractivity contribution in [2.24, 2.45) is 5.92 Å². The molecule has 0 aliphatic rings. The summed E-state index contributed by atoms with van der Waals surface area (Å²) >= 11 is 0. The normalized spacial score (nSPS) is 12.3. The van der Waals surface area contributed by atoms with Crippen LogP contribution in [-0.4, -0.2) is 0 Å². The van der Waals surface area contributed by atoms with Gasteiger partial charge in [-0.15, -0.1) is 0 Å². The van der Waals surface area contributed by atoms with Crippen molar-refractivity contribution in [2.45, 2.75) is 112 Å². The van der Waals surface area contributed by atoms with Gasteiger partial charge >= 0.3 is 0 Å². The first kappa shape index (κ1) is 24.7. The molecule has 0 aromatic heterocycles. The van der Waals surface area contributed by atoms with E-state index in [2.05, 4.69) is 71.0 Å². The van der Waals surface area contributed by atoms with Crippen LogP contribution in [0.25, 0.3) is 0 Å². The lowest BCUT2D eigenvalue weighted by atomic mass is 9.86. The molecule has 0 saturated heterocycles. The summed E-state index contributed by atoms with van der Waals surface area (Å²) in [5.41, 5.74) is 9.17. The third-order valence-electron chi connectivity index (χ3n) is 6.69. The van der Waals surface area contributed by atoms with Gasteiger partial charge in [0, 0.05) is 0 Å². The zero-order valence-electron chi connectivity index (χ0n) is 20.5. The molecule has 0 N–H and O–H groups in total. The average Bonchev–Trinajstić information content (AvgIpc) is 2.79. The molecule has 1 atom stereocenters. The molecule has 0 spiro atoms. The Kier molecular flexibility index (Phi) is 11.3. The molecular weight excluding hydrogens is 360 g/mol. The highest BCUT2D eigenvalue weighted by Gasteiger charge is 2.12. The fourth-order valence-corrected chi connectivity index (χ4v) is 4.67. The van der Waals surface area contributed by atoms with Gasteiger partial charge in [-0.2, -0.15) is 0 Å². The Bertz CT molecular complexity index is 695. The number of unbranched alkanes of at least 4 members (excludes halogenated alkanes) is 3. The lowest BCUT2D eigenvalue weighted by Gasteiger charge is -2.19. The van der Waals surface area contributed by atoms with Crippen LogP contribution in [0, 0.1) is 5.92 Å². The van der Waals surface area contributed by atoms with E-state index < -0.39 is 0 Å². The minimum Gasteiger partial charge on any atom is -0.0654 e. The van der Waals surface area contributed by atoms with Crippen molar-refractivity contribution in [1.82, 2.24) is 0 Å². The molecule has 0 radical (unpaired) electrons. The van der Waals surface area contributed by atoms with Gasteiger partial charge in [0.1, 0.15) is 0 Å². The largest absolute Gasteiger partial charge is 0.0654 e. The first-order valence-electron chi connectivity index (χ1n) is 12.8. The number of benzene rings is 2. The number of hydrogen-bond donors (Lipinski definition) is 0. The third kappa shape index (κ3) is 8.29. The van der Waals surface area contributed by atoms with Crippen LogP contribution in [0.3, 0.4) is 0 Å². The fraction of sp³-hybridized carbons (Fsp3) is 0.600. The highest BCUT2D eigenvalue weighted by molar-refractivity contribution is 5.32. The zero-order valence-corrected chi connectivity index (χ0v) is 20.5. The molecule has 0 heteroatoms. The third-order valence-corrected chi connectivity index (χ3v) is 6.69. The predicted octanol–water partition coefficient (Wildman–Crippen LogP) is 8.70. The summed E-state index contributed by atoms with van der Waals surface area (Å²) < 4.78 is 0. The molecule has 0 aliphatic heterocycles. The second-order valence-corrected chi connectivity index (χ2v) is 9.19. The molecule has 0 amide bonds. The Morgan fingerprint density at radius 2 is 0.967 bits per heavy atom. The molecule has 0 fully saturated rings. The summed E-state index contributed by atoms with van der Waals surface area (Å²) in [6.45, 7) is 11.4. The summed E-state index contributed by atoms with van der Waals surface area (Å²) in [4.78, 5) is 0. The van der Waals surface area contributed by atoms with E-state index in [1.54, 1.807) is 11.1 Å². The van der Waals surface area contributed by atoms with Gasteiger partial charge in [0.25, 0.3) is 0 Å². The first-order valence-corrected chi connectivity index (χ1v) is 12.8. The highest BCUT2D eigenvalue weighted by Crippen LogP contribution is 2.24. The van der Waals surface area contributed by atoms with Crippen molar-refractivity contribution < 1.29 is 0 Å². The Labute approximate surface area is 187 Å². The van der Waals surface area contributed by atoms with Crippen LogP contribution < -0.4 is 0 Å². The molecule has 0 saturated carbocycles. The first-order chi connectivity index (χ1) is 14.6. The van der Waals surface area contributed by atoms with E-state index in [1.165, 1.54) is 73.6 Å². The van der Waals surface area contributed by atoms with Crippen LogP contribution in [-0.2, 0) is 38.5 Å². The monoisotopic (exact) mass is 406 g/mol. The number of aryl methyl sites for hydroxylation is 5. The van der Waals surface area contributed by atoms with Gasteiger partial charge in [-0.1, -0.05) is 103 Å². The van der Waals surface area contributed by atoms with Gasteiger partial charge in [0.15, 0.2) is 0 Å². The maximum atomic E-state index is 2.48. The van der Waals surface area contributed by atoms with E-state index in [1.807, 2.05) is 0 Å². The van der Waals surface area contributed by atoms with Crippen molar-refractivity contribution in [3.63, 3.8) is 0 Å². The van der Waals surface area contributed by atoms with Gasteiger partial charge in [-0.25, -0.2) is 0 Å². The predicted molar refractivity (Wildman–Crippen MR) is 135 cm³/mol. The number of hydrogen-bond acceptors (Lipinski definition) is 0. The van der Waals surface area contributed by atoms with Gasteiger partial charge in [-0.05, 0) is 84.2 Å². The average molecular weight is 407 g/mol. The van der Waals surface area contributed by atoms with E-state index in [0.29, 0.717) is 0 Å². The molecule has 2 aromatic rings. The quantitative estimate of drug-likeness (QED) is 0.275. The smallest absolute Gasteiger partial charge is 0.0250 e. The molecule has 0 aliphatic carbocycles. The molecule has 30 heavy (non-hydrogen) atoms. The second kappa shape index (κ2) is 13.7. The van der Waals surface area contributed by atoms with Gasteiger partial charge in [0.05, 0.1) is 0 Å². The van der Waals surface area contributed by atoms with Crippen molar-refractivity contribution in [3.05, 3.63) is 69.8 Å².